The highest BCUT2D eigenvalue weighted by Crippen LogP contribution is 2.45. The van der Waals surface area contributed by atoms with E-state index in [-0.39, 0.29) is 67.1 Å². The summed E-state index contributed by atoms with van der Waals surface area (Å²) in [4.78, 5) is 30.3. The van der Waals surface area contributed by atoms with E-state index < -0.39 is 94.4 Å². The van der Waals surface area contributed by atoms with Crippen LogP contribution < -0.4 is 10.3 Å². The molecule has 0 amide bonds. The lowest BCUT2D eigenvalue weighted by atomic mass is 10.1. The van der Waals surface area contributed by atoms with Gasteiger partial charge in [0.2, 0.25) is 0 Å². The largest absolute Gasteiger partial charge is 0.505 e. The molecule has 0 fully saturated rings. The fourth-order valence-electron chi connectivity index (χ4n) is 7.50. The lowest BCUT2D eigenvalue weighted by Gasteiger charge is -2.10. The molecule has 7 aromatic carbocycles. The molecule has 0 aliphatic carbocycles. The van der Waals surface area contributed by atoms with Crippen LogP contribution in [-0.2, 0) is 40.5 Å². The smallest absolute Gasteiger partial charge is 0.356 e. The first-order valence-corrected chi connectivity index (χ1v) is 26.4. The van der Waals surface area contributed by atoms with Crippen molar-refractivity contribution in [2.24, 2.45) is 30.7 Å². The van der Waals surface area contributed by atoms with Gasteiger partial charge in [-0.3, -0.25) is 28.1 Å². The number of phenols is 1. The average Bonchev–Trinajstić information content (AvgIpc) is 3.94. The van der Waals surface area contributed by atoms with Crippen molar-refractivity contribution in [1.82, 2.24) is 19.7 Å². The molecule has 0 bridgehead atoms. The standard InChI is InChI=1S/C44H30N10O17S4/c1-71-25-9-15-32(34(19-25)74(65,66)67)50-48-30-16-17-31(29-20-27(73(62,63)64)12-13-28(29)30)49-51-38-35(75(68,69)70)18-22-4-14-33-37(36(22)41(38)55)46-42(45-33)21-2-5-23(6-3-21)47-52-39-40(44(57)58)53-54(43(39)56)24-7-10-26(11-8-24)72(59,60)61/h2-20,53,55H,1H3,(H,45,46)(H,57,58)(H,59,60,61)(H,62,63,64)(H,65,66,67)(H,68,69,70). The van der Waals surface area contributed by atoms with Gasteiger partial charge in [0.1, 0.15) is 38.3 Å². The molecular weight excluding hydrogens is 1070 g/mol. The summed E-state index contributed by atoms with van der Waals surface area (Å²) in [5, 5.41) is 47.9. The monoisotopic (exact) mass is 1100 g/mol. The maximum atomic E-state index is 13.2. The number of phenolic OH excluding ortho intramolecular Hbond substituents is 1. The van der Waals surface area contributed by atoms with Crippen LogP contribution in [0.2, 0.25) is 0 Å². The van der Waals surface area contributed by atoms with Gasteiger partial charge in [0.05, 0.1) is 50.6 Å². The quantitative estimate of drug-likeness (QED) is 0.0373. The first-order chi connectivity index (χ1) is 35.3. The van der Waals surface area contributed by atoms with Crippen LogP contribution in [0.5, 0.6) is 11.5 Å². The van der Waals surface area contributed by atoms with Crippen molar-refractivity contribution in [1.29, 1.82) is 0 Å². The van der Waals surface area contributed by atoms with Crippen molar-refractivity contribution in [2.45, 2.75) is 19.6 Å². The number of H-pyrrole nitrogens is 2. The van der Waals surface area contributed by atoms with Crippen molar-refractivity contribution in [3.63, 3.8) is 0 Å². The fraction of sp³-hybridized carbons (Fsp3) is 0.0227. The van der Waals surface area contributed by atoms with Crippen LogP contribution in [-0.4, -0.2) is 94.9 Å². The van der Waals surface area contributed by atoms with Crippen molar-refractivity contribution >= 4 is 113 Å². The Labute approximate surface area is 419 Å². The summed E-state index contributed by atoms with van der Waals surface area (Å²) in [5.41, 5.74) is -2.60. The number of nitrogens with one attached hydrogen (secondary N) is 2. The summed E-state index contributed by atoms with van der Waals surface area (Å²) < 4.78 is 142. The van der Waals surface area contributed by atoms with Gasteiger partial charge in [-0.05, 0) is 102 Å². The lowest BCUT2D eigenvalue weighted by molar-refractivity contribution is 0.0690. The van der Waals surface area contributed by atoms with Gasteiger partial charge in [0.25, 0.3) is 46.0 Å². The van der Waals surface area contributed by atoms with Gasteiger partial charge in [0.15, 0.2) is 17.1 Å². The predicted octanol–water partition coefficient (Wildman–Crippen LogP) is 8.66. The number of fused-ring (bicyclic) bond motifs is 4. The summed E-state index contributed by atoms with van der Waals surface area (Å²) in [6.45, 7) is 0. The molecular formula is C44H30N10O17S4. The number of nitrogens with zero attached hydrogens (tertiary/aromatic N) is 8. The zero-order chi connectivity index (χ0) is 53.9. The summed E-state index contributed by atoms with van der Waals surface area (Å²) in [7, 11) is -18.1. The number of carboxylic acids is 1. The van der Waals surface area contributed by atoms with Crippen LogP contribution in [0.25, 0.3) is 49.7 Å². The fourth-order valence-corrected chi connectivity index (χ4v) is 9.78. The number of aromatic hydroxyl groups is 1. The number of aromatic carboxylic acids is 1. The van der Waals surface area contributed by atoms with E-state index in [1.165, 1.54) is 73.8 Å². The molecule has 0 unspecified atom stereocenters. The third-order valence-corrected chi connectivity index (χ3v) is 14.5. The van der Waals surface area contributed by atoms with Gasteiger partial charge in [-0.1, -0.05) is 12.1 Å². The van der Waals surface area contributed by atoms with Crippen molar-refractivity contribution in [2.75, 3.05) is 7.11 Å². The second-order valence-corrected chi connectivity index (χ2v) is 21.3. The van der Waals surface area contributed by atoms with Gasteiger partial charge >= 0.3 is 5.97 Å². The van der Waals surface area contributed by atoms with Crippen molar-refractivity contribution in [3.8, 4) is 28.6 Å². The molecule has 0 spiro atoms. The molecule has 0 aliphatic rings. The molecule has 0 atom stereocenters. The van der Waals surface area contributed by atoms with Crippen LogP contribution >= 0.6 is 0 Å². The number of benzene rings is 7. The molecule has 31 heteroatoms. The van der Waals surface area contributed by atoms with E-state index in [4.69, 9.17) is 4.74 Å². The Hall–Kier alpha value is -8.95. The van der Waals surface area contributed by atoms with Gasteiger partial charge < -0.3 is 19.9 Å². The maximum Gasteiger partial charge on any atom is 0.356 e. The van der Waals surface area contributed by atoms with Gasteiger partial charge in [0, 0.05) is 22.4 Å². The molecule has 27 nitrogen and oxygen atoms in total. The Morgan fingerprint density at radius 2 is 1.21 bits per heavy atom. The third kappa shape index (κ3) is 10.1. The number of aromatic nitrogens is 4. The van der Waals surface area contributed by atoms with Gasteiger partial charge in [-0.2, -0.15) is 38.8 Å². The number of ether oxygens (including phenoxy) is 1. The number of aromatic amines is 2. The molecule has 0 aliphatic heterocycles. The molecule has 2 aromatic heterocycles. The Morgan fingerprint density at radius 3 is 1.84 bits per heavy atom. The summed E-state index contributed by atoms with van der Waals surface area (Å²) in [5.74, 6) is -2.13. The Balaban J connectivity index is 1.07. The minimum absolute atomic E-state index is 0.0129. The van der Waals surface area contributed by atoms with Crippen LogP contribution in [0, 0.1) is 0 Å². The van der Waals surface area contributed by atoms with Crippen molar-refractivity contribution < 1.29 is 71.6 Å². The lowest BCUT2D eigenvalue weighted by Crippen LogP contribution is -2.14. The number of rotatable bonds is 14. The molecule has 0 radical (unpaired) electrons. The van der Waals surface area contributed by atoms with E-state index in [1.54, 1.807) is 0 Å². The summed E-state index contributed by atoms with van der Waals surface area (Å²) in [6.07, 6.45) is 0. The molecule has 382 valence electrons. The summed E-state index contributed by atoms with van der Waals surface area (Å²) in [6, 6.07) is 23.4. The van der Waals surface area contributed by atoms with E-state index in [0.29, 0.717) is 11.1 Å². The number of azo groups is 3. The number of imidazole rings is 1. The molecule has 9 rings (SSSR count). The predicted molar refractivity (Wildman–Crippen MR) is 263 cm³/mol. The number of methoxy groups -OCH3 is 1. The Kier molecular flexibility index (Phi) is 12.8. The topological polar surface area (TPSA) is 425 Å². The third-order valence-electron chi connectivity index (χ3n) is 11.0. The molecule has 75 heavy (non-hydrogen) atoms. The molecule has 8 N–H and O–H groups in total. The highest BCUT2D eigenvalue weighted by atomic mass is 32.2. The van der Waals surface area contributed by atoms with E-state index in [0.717, 1.165) is 53.2 Å². The number of hydrogen-bond acceptors (Lipinski definition) is 19. The maximum absolute atomic E-state index is 13.2. The van der Waals surface area contributed by atoms with Crippen LogP contribution in [0.1, 0.15) is 10.5 Å². The van der Waals surface area contributed by atoms with E-state index in [9.17, 15) is 71.7 Å². The van der Waals surface area contributed by atoms with E-state index in [2.05, 4.69) is 45.8 Å². The normalized spacial score (nSPS) is 12.8. The second-order valence-electron chi connectivity index (χ2n) is 15.7. The van der Waals surface area contributed by atoms with Gasteiger partial charge in [-0.25, -0.2) is 14.5 Å². The number of carbonyl (C=O) groups is 1. The van der Waals surface area contributed by atoms with Crippen LogP contribution in [0.15, 0.2) is 170 Å². The first kappa shape index (κ1) is 51.0. The highest BCUT2D eigenvalue weighted by Gasteiger charge is 2.26. The Bertz CT molecular complexity index is 4520. The zero-order valence-electron chi connectivity index (χ0n) is 37.4. The minimum Gasteiger partial charge on any atom is -0.505 e. The molecule has 9 aromatic rings. The van der Waals surface area contributed by atoms with Crippen LogP contribution in [0.3, 0.4) is 0 Å². The second kappa shape index (κ2) is 18.8. The van der Waals surface area contributed by atoms with Gasteiger partial charge in [-0.15, -0.1) is 25.6 Å². The SMILES string of the molecule is COc1ccc(N=Nc2ccc(N=Nc3c(S(=O)(=O)O)cc4ccc5[nH]c(-c6ccc(N=Nc7c(C(=O)O)[nH]n(-c8ccc(S(=O)(=O)O)cc8)c7=O)cc6)nc5c4c3O)c3cc(S(=O)(=O)O)ccc23)c(S(=O)(=O)O)c1. The Morgan fingerprint density at radius 1 is 0.613 bits per heavy atom. The first-order valence-electron chi connectivity index (χ1n) is 20.7. The number of hydrogen-bond donors (Lipinski definition) is 8. The molecule has 0 saturated heterocycles. The average molecular weight is 1100 g/mol. The summed E-state index contributed by atoms with van der Waals surface area (Å²) >= 11 is 0. The molecule has 2 heterocycles. The molecule has 0 saturated carbocycles. The van der Waals surface area contributed by atoms with E-state index >= 15 is 0 Å². The number of carboxylic acid groups (broad SMARTS) is 1. The highest BCUT2D eigenvalue weighted by molar-refractivity contribution is 7.86. The minimum atomic E-state index is -5.17. The van der Waals surface area contributed by atoms with E-state index in [1.807, 2.05) is 0 Å². The zero-order valence-corrected chi connectivity index (χ0v) is 40.6. The van der Waals surface area contributed by atoms with Crippen molar-refractivity contribution in [3.05, 3.63) is 131 Å². The van der Waals surface area contributed by atoms with Crippen LogP contribution in [0.4, 0.5) is 34.1 Å².